The van der Waals surface area contributed by atoms with Gasteiger partial charge in [0.05, 0.1) is 17.0 Å². The minimum Gasteiger partial charge on any atom is -0.419 e. The topological polar surface area (TPSA) is 76.3 Å². The number of hydrogen-bond acceptors (Lipinski definition) is 5. The van der Waals surface area contributed by atoms with Gasteiger partial charge in [0.15, 0.2) is 0 Å². The minimum atomic E-state index is -4.90. The van der Waals surface area contributed by atoms with E-state index in [0.717, 1.165) is 16.4 Å². The van der Waals surface area contributed by atoms with Crippen LogP contribution in [0, 0.1) is 0 Å². The lowest BCUT2D eigenvalue weighted by molar-refractivity contribution is -0.139. The zero-order chi connectivity index (χ0) is 22.1. The van der Waals surface area contributed by atoms with E-state index in [4.69, 9.17) is 16.0 Å². The average molecular weight is 460 g/mol. The summed E-state index contributed by atoms with van der Waals surface area (Å²) in [6.45, 7) is 2.68. The highest BCUT2D eigenvalue weighted by Crippen LogP contribution is 2.37. The van der Waals surface area contributed by atoms with Crippen LogP contribution in [0.25, 0.3) is 11.5 Å². The zero-order valence-corrected chi connectivity index (χ0v) is 17.5. The molecule has 0 radical (unpaired) electrons. The Kier molecular flexibility index (Phi) is 6.21. The fraction of sp³-hybridized carbons (Fsp3) is 0.263. The van der Waals surface area contributed by atoms with Gasteiger partial charge in [0.25, 0.3) is 0 Å². The summed E-state index contributed by atoms with van der Waals surface area (Å²) in [5, 5.41) is 7.51. The van der Waals surface area contributed by atoms with Gasteiger partial charge in [0.1, 0.15) is 0 Å². The van der Waals surface area contributed by atoms with E-state index in [1.165, 1.54) is 13.8 Å². The van der Waals surface area contributed by atoms with Crippen molar-refractivity contribution in [2.24, 2.45) is 0 Å². The Labute approximate surface area is 176 Å². The lowest BCUT2D eigenvalue weighted by atomic mass is 10.2. The molecule has 0 bridgehead atoms. The molecule has 0 fully saturated rings. The van der Waals surface area contributed by atoms with Crippen LogP contribution in [-0.4, -0.2) is 29.0 Å². The molecular weight excluding hydrogens is 443 g/mol. The van der Waals surface area contributed by atoms with E-state index in [9.17, 15) is 21.6 Å². The third-order valence-electron chi connectivity index (χ3n) is 4.19. The zero-order valence-electron chi connectivity index (χ0n) is 15.9. The molecule has 6 nitrogen and oxygen atoms in total. The second kappa shape index (κ2) is 8.37. The highest BCUT2D eigenvalue weighted by atomic mass is 35.5. The van der Waals surface area contributed by atoms with Gasteiger partial charge >= 0.3 is 6.18 Å². The van der Waals surface area contributed by atoms with Gasteiger partial charge < -0.3 is 4.42 Å². The normalized spacial score (nSPS) is 12.7. The highest BCUT2D eigenvalue weighted by Gasteiger charge is 2.40. The Balaban J connectivity index is 1.99. The first-order valence-corrected chi connectivity index (χ1v) is 10.6. The summed E-state index contributed by atoms with van der Waals surface area (Å²) >= 11 is 5.66. The molecular formula is C19H17ClF3N3O3S. The molecule has 0 saturated heterocycles. The second-order valence-electron chi connectivity index (χ2n) is 6.65. The molecule has 0 N–H and O–H groups in total. The molecule has 3 rings (SSSR count). The number of nitrogens with zero attached hydrogens (tertiary/aromatic N) is 3. The highest BCUT2D eigenvalue weighted by molar-refractivity contribution is 7.89. The fourth-order valence-electron chi connectivity index (χ4n) is 2.77. The van der Waals surface area contributed by atoms with Crippen molar-refractivity contribution in [3.8, 4) is 11.5 Å². The molecule has 2 aromatic carbocycles. The first-order chi connectivity index (χ1) is 14.0. The largest absolute Gasteiger partial charge is 0.419 e. The number of alkyl halides is 3. The molecule has 0 aliphatic rings. The van der Waals surface area contributed by atoms with E-state index in [1.807, 2.05) is 0 Å². The van der Waals surface area contributed by atoms with Crippen molar-refractivity contribution in [2.45, 2.75) is 37.5 Å². The summed E-state index contributed by atoms with van der Waals surface area (Å²) in [5.41, 5.74) is -0.705. The summed E-state index contributed by atoms with van der Waals surface area (Å²) in [7, 11) is -4.56. The number of rotatable bonds is 6. The Morgan fingerprint density at radius 1 is 1.10 bits per heavy atom. The van der Waals surface area contributed by atoms with Crippen LogP contribution in [0.2, 0.25) is 5.02 Å². The SMILES string of the molecule is CC(C)N(Cc1nnc(-c2ccccc2)o1)S(=O)(=O)c1ccc(Cl)cc1C(F)(F)F. The maximum atomic E-state index is 13.5. The van der Waals surface area contributed by atoms with Crippen molar-refractivity contribution >= 4 is 21.6 Å². The standard InChI is InChI=1S/C19H17ClF3N3O3S/c1-12(2)26(11-17-24-25-18(29-17)13-6-4-3-5-7-13)30(27,28)16-9-8-14(20)10-15(16)19(21,22)23/h3-10,12H,11H2,1-2H3. The van der Waals surface area contributed by atoms with Crippen molar-refractivity contribution in [1.29, 1.82) is 0 Å². The third kappa shape index (κ3) is 4.66. The third-order valence-corrected chi connectivity index (χ3v) is 6.50. The van der Waals surface area contributed by atoms with Crippen molar-refractivity contribution in [1.82, 2.24) is 14.5 Å². The molecule has 0 atom stereocenters. The molecule has 160 valence electrons. The lowest BCUT2D eigenvalue weighted by Crippen LogP contribution is -2.37. The number of hydrogen-bond donors (Lipinski definition) is 0. The predicted octanol–water partition coefficient (Wildman–Crippen LogP) is 5.01. The maximum absolute atomic E-state index is 13.5. The van der Waals surface area contributed by atoms with Gasteiger partial charge in [-0.3, -0.25) is 0 Å². The molecule has 0 saturated carbocycles. The Morgan fingerprint density at radius 2 is 1.77 bits per heavy atom. The van der Waals surface area contributed by atoms with Crippen LogP contribution < -0.4 is 0 Å². The van der Waals surface area contributed by atoms with Gasteiger partial charge in [-0.05, 0) is 44.2 Å². The predicted molar refractivity (Wildman–Crippen MR) is 104 cm³/mol. The van der Waals surface area contributed by atoms with Crippen LogP contribution in [0.15, 0.2) is 57.8 Å². The van der Waals surface area contributed by atoms with Crippen LogP contribution in [0.5, 0.6) is 0 Å². The monoisotopic (exact) mass is 459 g/mol. The van der Waals surface area contributed by atoms with Crippen LogP contribution in [0.1, 0.15) is 25.3 Å². The number of sulfonamides is 1. The van der Waals surface area contributed by atoms with Crippen LogP contribution in [-0.2, 0) is 22.7 Å². The van der Waals surface area contributed by atoms with Crippen molar-refractivity contribution in [2.75, 3.05) is 0 Å². The van der Waals surface area contributed by atoms with Gasteiger partial charge in [-0.15, -0.1) is 10.2 Å². The lowest BCUT2D eigenvalue weighted by Gasteiger charge is -2.26. The second-order valence-corrected chi connectivity index (χ2v) is 8.94. The van der Waals surface area contributed by atoms with Crippen LogP contribution in [0.4, 0.5) is 13.2 Å². The van der Waals surface area contributed by atoms with Gasteiger partial charge in [-0.2, -0.15) is 17.5 Å². The van der Waals surface area contributed by atoms with Crippen LogP contribution >= 0.6 is 11.6 Å². The summed E-state index contributed by atoms with van der Waals surface area (Å²) in [5.74, 6) is 0.128. The molecule has 1 heterocycles. The van der Waals surface area contributed by atoms with E-state index < -0.39 is 32.7 Å². The van der Waals surface area contributed by atoms with Crippen molar-refractivity contribution in [3.63, 3.8) is 0 Å². The molecule has 0 aliphatic heterocycles. The summed E-state index contributed by atoms with van der Waals surface area (Å²) in [6.07, 6.45) is -4.90. The van der Waals surface area contributed by atoms with E-state index in [0.29, 0.717) is 11.6 Å². The summed E-state index contributed by atoms with van der Waals surface area (Å²) in [4.78, 5) is -0.893. The van der Waals surface area contributed by atoms with E-state index in [2.05, 4.69) is 10.2 Å². The van der Waals surface area contributed by atoms with E-state index >= 15 is 0 Å². The van der Waals surface area contributed by atoms with Gasteiger partial charge in [0.2, 0.25) is 21.8 Å². The molecule has 3 aromatic rings. The van der Waals surface area contributed by atoms with Gasteiger partial charge in [0, 0.05) is 16.6 Å². The molecule has 0 unspecified atom stereocenters. The van der Waals surface area contributed by atoms with Gasteiger partial charge in [-0.25, -0.2) is 8.42 Å². The van der Waals surface area contributed by atoms with E-state index in [-0.39, 0.29) is 23.3 Å². The molecule has 0 aliphatic carbocycles. The van der Waals surface area contributed by atoms with E-state index in [1.54, 1.807) is 30.3 Å². The number of halogens is 4. The Morgan fingerprint density at radius 3 is 2.37 bits per heavy atom. The smallest absolute Gasteiger partial charge is 0.417 e. The fourth-order valence-corrected chi connectivity index (χ4v) is 4.72. The molecule has 30 heavy (non-hydrogen) atoms. The summed E-state index contributed by atoms with van der Waals surface area (Å²) < 4.78 is 73.0. The molecule has 0 spiro atoms. The first-order valence-electron chi connectivity index (χ1n) is 8.76. The Hall–Kier alpha value is -2.43. The van der Waals surface area contributed by atoms with Crippen molar-refractivity contribution in [3.05, 3.63) is 65.0 Å². The average Bonchev–Trinajstić information content (AvgIpc) is 3.14. The molecule has 1 aromatic heterocycles. The molecule has 0 amide bonds. The quantitative estimate of drug-likeness (QED) is 0.518. The Bertz CT molecular complexity index is 1130. The number of aromatic nitrogens is 2. The minimum absolute atomic E-state index is 0.0475. The summed E-state index contributed by atoms with van der Waals surface area (Å²) in [6, 6.07) is 10.7. The number of benzene rings is 2. The van der Waals surface area contributed by atoms with Crippen molar-refractivity contribution < 1.29 is 26.0 Å². The van der Waals surface area contributed by atoms with Crippen LogP contribution in [0.3, 0.4) is 0 Å². The van der Waals surface area contributed by atoms with Gasteiger partial charge in [-0.1, -0.05) is 29.8 Å². The maximum Gasteiger partial charge on any atom is 0.417 e. The molecule has 11 heteroatoms. The first kappa shape index (κ1) is 22.3.